The summed E-state index contributed by atoms with van der Waals surface area (Å²) in [6, 6.07) is 2.18. The molecule has 0 radical (unpaired) electrons. The molecule has 0 bridgehead atoms. The number of rotatable bonds is 22. The minimum Gasteiger partial charge on any atom is -0.359 e. The maximum absolute atomic E-state index is 12.9. The van der Waals surface area contributed by atoms with Crippen molar-refractivity contribution < 1.29 is 22.1 Å². The van der Waals surface area contributed by atoms with Gasteiger partial charge in [-0.1, -0.05) is 80.3 Å². The summed E-state index contributed by atoms with van der Waals surface area (Å²) in [6.07, 6.45) is 2.66. The average molecular weight is 1080 g/mol. The summed E-state index contributed by atoms with van der Waals surface area (Å²) in [7, 11) is 3.00. The van der Waals surface area contributed by atoms with Crippen molar-refractivity contribution in [2.75, 3.05) is 66.1 Å². The molecule has 54 heavy (non-hydrogen) atoms. The van der Waals surface area contributed by atoms with Crippen LogP contribution in [0.2, 0.25) is 51.4 Å². The highest BCUT2D eigenvalue weighted by atomic mass is 79.9. The first-order valence-electron chi connectivity index (χ1n) is 18.1. The van der Waals surface area contributed by atoms with E-state index in [0.29, 0.717) is 35.9 Å². The van der Waals surface area contributed by atoms with E-state index in [-0.39, 0.29) is 16.6 Å². The average Bonchev–Trinajstić information content (AvgIpc) is 3.61. The number of ether oxygens (including phenoxy) is 2. The largest absolute Gasteiger partial charge is 0.359 e. The van der Waals surface area contributed by atoms with E-state index in [9.17, 15) is 8.42 Å². The molecule has 0 amide bonds. The van der Waals surface area contributed by atoms with Gasteiger partial charge in [-0.2, -0.15) is 14.3 Å². The van der Waals surface area contributed by atoms with Crippen molar-refractivity contribution >= 4 is 105 Å². The van der Waals surface area contributed by atoms with Crippen LogP contribution in [-0.2, 0) is 42.2 Å². The van der Waals surface area contributed by atoms with Crippen molar-refractivity contribution in [3.8, 4) is 0 Å². The molecule has 0 unspecified atom stereocenters. The van der Waals surface area contributed by atoms with Crippen molar-refractivity contribution in [3.05, 3.63) is 14.2 Å². The molecule has 0 saturated carbocycles. The zero-order chi connectivity index (χ0) is 42.1. The number of sulfonamides is 1. The third-order valence-corrected chi connectivity index (χ3v) is 14.1. The number of aromatic nitrogens is 6. The molecule has 2 rings (SSSR count). The number of likely N-dealkylation sites (N-methyl/N-ethyl adjacent to an activating group) is 2. The Labute approximate surface area is 365 Å². The van der Waals surface area contributed by atoms with Crippen LogP contribution in [-0.4, -0.2) is 138 Å². The second-order valence-electron chi connectivity index (χ2n) is 14.4. The van der Waals surface area contributed by atoms with E-state index in [2.05, 4.69) is 173 Å². The van der Waals surface area contributed by atoms with Gasteiger partial charge in [0.25, 0.3) is 15.2 Å². The van der Waals surface area contributed by atoms with E-state index in [1.54, 1.807) is 11.7 Å². The molecule has 0 atom stereocenters. The molecule has 0 aliphatic rings. The van der Waals surface area contributed by atoms with Crippen molar-refractivity contribution in [3.63, 3.8) is 0 Å². The summed E-state index contributed by atoms with van der Waals surface area (Å²) in [5.41, 5.74) is 0. The summed E-state index contributed by atoms with van der Waals surface area (Å²) >= 11 is 9.67. The fraction of sp³-hybridized carbons (Fsp3) is 0.871. The molecule has 14 nitrogen and oxygen atoms in total. The van der Waals surface area contributed by atoms with Gasteiger partial charge in [-0.25, -0.2) is 22.0 Å². The molecule has 0 spiro atoms. The van der Waals surface area contributed by atoms with Gasteiger partial charge in [0.1, 0.15) is 13.5 Å². The topological polar surface area (TPSA) is 141 Å². The Morgan fingerprint density at radius 3 is 1.52 bits per heavy atom. The number of halogens is 5. The van der Waals surface area contributed by atoms with Gasteiger partial charge >= 0.3 is 0 Å². The van der Waals surface area contributed by atoms with E-state index in [1.807, 2.05) is 0 Å². The third kappa shape index (κ3) is 28.9. The fourth-order valence-corrected chi connectivity index (χ4v) is 8.12. The summed E-state index contributed by atoms with van der Waals surface area (Å²) in [5.74, 6) is 0. The zero-order valence-electron chi connectivity index (χ0n) is 34.4. The van der Waals surface area contributed by atoms with E-state index in [4.69, 9.17) is 13.7 Å². The molecule has 0 aliphatic heterocycles. The lowest BCUT2D eigenvalue weighted by Gasteiger charge is -2.22. The van der Waals surface area contributed by atoms with Gasteiger partial charge in [0.15, 0.2) is 4.73 Å². The summed E-state index contributed by atoms with van der Waals surface area (Å²) in [4.78, 5) is 12.7. The van der Waals surface area contributed by atoms with Crippen LogP contribution in [0.15, 0.2) is 19.4 Å². The number of hydrogen-bond donors (Lipinski definition) is 0. The molecular weight excluding hydrogens is 1010 g/mol. The summed E-state index contributed by atoms with van der Waals surface area (Å²) < 4.78 is 51.8. The van der Waals surface area contributed by atoms with E-state index in [1.165, 1.54) is 47.5 Å². The van der Waals surface area contributed by atoms with Crippen LogP contribution in [0.1, 0.15) is 47.5 Å². The molecule has 0 N–H and O–H groups in total. The standard InChI is InChI=1S/C15H32BrN5O3SSi.C8H15Br2N3OSi.C8H19N.Cl2OS/c1-7-20(8-2)10-9-19(3)25(22,23)15-17-14(16)18-21(15)13-24-11-12-26(4,5)6;1-15(2,3)5-4-14-6-13-8(10)11-7(9)12-13;1-4-7-8-9(5-2)6-3;1-4(2)3/h7-13H2,1-6H3;4-6H2,1-3H3;4-8H2,1-3H3;. The van der Waals surface area contributed by atoms with Gasteiger partial charge in [0.05, 0.1) is 0 Å². The third-order valence-electron chi connectivity index (χ3n) is 7.62. The minimum atomic E-state index is -3.73. The first kappa shape index (κ1) is 56.7. The number of unbranched alkanes of at least 4 members (excludes halogenated alkanes) is 1. The minimum absolute atomic E-state index is 0.0710. The Balaban J connectivity index is 0. The smallest absolute Gasteiger partial charge is 0.278 e. The molecule has 23 heteroatoms. The number of hydrogen-bond acceptors (Lipinski definition) is 11. The van der Waals surface area contributed by atoms with Crippen LogP contribution in [0.5, 0.6) is 0 Å². The van der Waals surface area contributed by atoms with Crippen molar-refractivity contribution in [2.24, 2.45) is 0 Å². The van der Waals surface area contributed by atoms with Gasteiger partial charge in [-0.15, -0.1) is 10.2 Å². The quantitative estimate of drug-likeness (QED) is 0.0636. The monoisotopic (exact) mass is 1070 g/mol. The predicted octanol–water partition coefficient (Wildman–Crippen LogP) is 8.60. The van der Waals surface area contributed by atoms with E-state index < -0.39 is 35.4 Å². The van der Waals surface area contributed by atoms with Crippen LogP contribution >= 0.6 is 69.2 Å². The fourth-order valence-electron chi connectivity index (χ4n) is 4.02. The Kier molecular flexibility index (Phi) is 32.2. The Hall–Kier alpha value is 0.634. The molecular formula is C31H66Br3Cl2N9O5S2Si2. The first-order chi connectivity index (χ1) is 25.0. The van der Waals surface area contributed by atoms with Crippen molar-refractivity contribution in [2.45, 2.75) is 117 Å². The molecule has 0 fully saturated rings. The SMILES string of the molecule is CCCCN(CC)CC.CCN(CC)CCN(C)S(=O)(=O)c1nc(Br)nn1COCC[Si](C)(C)C.C[Si](C)(C)CCOCn1nc(Br)nc1Br.O=S(Cl)Cl. The lowest BCUT2D eigenvalue weighted by atomic mass is 10.3. The Morgan fingerprint density at radius 2 is 1.13 bits per heavy atom. The van der Waals surface area contributed by atoms with Crippen LogP contribution < -0.4 is 0 Å². The van der Waals surface area contributed by atoms with E-state index in [0.717, 1.165) is 25.7 Å². The second-order valence-corrected chi connectivity index (χ2v) is 32.3. The highest BCUT2D eigenvalue weighted by Gasteiger charge is 2.28. The van der Waals surface area contributed by atoms with Crippen molar-refractivity contribution in [1.29, 1.82) is 0 Å². The molecule has 2 heterocycles. The Bertz CT molecular complexity index is 1400. The molecule has 0 aromatic carbocycles. The van der Waals surface area contributed by atoms with Gasteiger partial charge in [0, 0.05) is 70.9 Å². The van der Waals surface area contributed by atoms with Gasteiger partial charge < -0.3 is 19.3 Å². The van der Waals surface area contributed by atoms with E-state index >= 15 is 0 Å². The highest BCUT2D eigenvalue weighted by Crippen LogP contribution is 2.16. The first-order valence-corrected chi connectivity index (χ1v) is 32.2. The maximum Gasteiger partial charge on any atom is 0.278 e. The lowest BCUT2D eigenvalue weighted by molar-refractivity contribution is 0.0709. The molecule has 0 saturated heterocycles. The van der Waals surface area contributed by atoms with Gasteiger partial charge in [-0.3, -0.25) is 0 Å². The second kappa shape index (κ2) is 30.6. The number of nitrogens with zero attached hydrogens (tertiary/aromatic N) is 9. The summed E-state index contributed by atoms with van der Waals surface area (Å²) in [6.45, 7) is 33.0. The Morgan fingerprint density at radius 1 is 0.722 bits per heavy atom. The molecule has 0 aliphatic carbocycles. The normalized spacial score (nSPS) is 12.1. The molecule has 320 valence electrons. The predicted molar refractivity (Wildman–Crippen MR) is 242 cm³/mol. The van der Waals surface area contributed by atoms with Crippen LogP contribution in [0.4, 0.5) is 0 Å². The molecule has 2 aromatic rings. The van der Waals surface area contributed by atoms with Crippen molar-refractivity contribution in [1.82, 2.24) is 43.6 Å². The van der Waals surface area contributed by atoms with Crippen LogP contribution in [0.3, 0.4) is 0 Å². The highest BCUT2D eigenvalue weighted by molar-refractivity contribution is 9.11. The van der Waals surface area contributed by atoms with Gasteiger partial charge in [-0.05, 0) is 99.0 Å². The van der Waals surface area contributed by atoms with Crippen LogP contribution in [0.25, 0.3) is 0 Å². The molecule has 2 aromatic heterocycles. The summed E-state index contributed by atoms with van der Waals surface area (Å²) in [5, 5.41) is 8.12. The lowest BCUT2D eigenvalue weighted by Crippen LogP contribution is -2.37. The maximum atomic E-state index is 12.9. The zero-order valence-corrected chi connectivity index (χ0v) is 44.3. The van der Waals surface area contributed by atoms with Gasteiger partial charge in [0.2, 0.25) is 18.7 Å². The van der Waals surface area contributed by atoms with Crippen LogP contribution in [0, 0.1) is 0 Å².